The van der Waals surface area contributed by atoms with Crippen LogP contribution in [0.15, 0.2) is 10.9 Å². The highest BCUT2D eigenvalue weighted by molar-refractivity contribution is 8.00. The molecule has 116 valence electrons. The molecule has 0 aromatic carbocycles. The second-order valence-corrected chi connectivity index (χ2v) is 5.88. The average Bonchev–Trinajstić information content (AvgIpc) is 3.08. The van der Waals surface area contributed by atoms with Crippen LogP contribution < -0.4 is 5.32 Å². The van der Waals surface area contributed by atoms with Crippen LogP contribution in [0.3, 0.4) is 0 Å². The molecule has 1 fully saturated rings. The monoisotopic (exact) mass is 314 g/mol. The molecule has 2 atom stereocenters. The number of amides is 2. The van der Waals surface area contributed by atoms with Gasteiger partial charge in [-0.15, -0.1) is 11.8 Å². The molecule has 1 aromatic heterocycles. The number of nitrogens with one attached hydrogen (secondary N) is 1. The third-order valence-corrected chi connectivity index (χ3v) is 4.54. The summed E-state index contributed by atoms with van der Waals surface area (Å²) < 4.78 is 4.60. The van der Waals surface area contributed by atoms with E-state index in [1.165, 1.54) is 23.1 Å². The molecule has 1 aromatic rings. The van der Waals surface area contributed by atoms with Crippen molar-refractivity contribution in [3.63, 3.8) is 0 Å². The van der Waals surface area contributed by atoms with Crippen molar-refractivity contribution in [2.75, 3.05) is 12.3 Å². The summed E-state index contributed by atoms with van der Waals surface area (Å²) >= 11 is 1.52. The van der Waals surface area contributed by atoms with Crippen molar-refractivity contribution in [2.24, 2.45) is 0 Å². The number of aromatic nitrogens is 2. The number of thioether (sulfide) groups is 1. The molecule has 9 heteroatoms. The van der Waals surface area contributed by atoms with E-state index in [2.05, 4.69) is 20.0 Å². The van der Waals surface area contributed by atoms with Crippen LogP contribution in [0.1, 0.15) is 25.6 Å². The van der Waals surface area contributed by atoms with Gasteiger partial charge in [-0.3, -0.25) is 4.90 Å². The van der Waals surface area contributed by atoms with E-state index in [0.29, 0.717) is 24.5 Å². The van der Waals surface area contributed by atoms with E-state index in [9.17, 15) is 14.7 Å². The van der Waals surface area contributed by atoms with E-state index >= 15 is 0 Å². The summed E-state index contributed by atoms with van der Waals surface area (Å²) in [6.45, 7) is 2.35. The molecule has 1 aliphatic heterocycles. The highest BCUT2D eigenvalue weighted by Gasteiger charge is 2.41. The van der Waals surface area contributed by atoms with Gasteiger partial charge in [0.05, 0.1) is 5.37 Å². The minimum atomic E-state index is -0.963. The molecule has 2 rings (SSSR count). The van der Waals surface area contributed by atoms with Crippen molar-refractivity contribution in [1.29, 1.82) is 0 Å². The van der Waals surface area contributed by atoms with Crippen LogP contribution in [0.25, 0.3) is 0 Å². The number of carbonyl (C=O) groups excluding carboxylic acids is 1. The number of carboxylic acid groups (broad SMARTS) is 1. The number of aliphatic carboxylic acids is 1. The summed E-state index contributed by atoms with van der Waals surface area (Å²) in [5.74, 6) is -0.0291. The fourth-order valence-electron chi connectivity index (χ4n) is 2.17. The Morgan fingerprint density at radius 3 is 3.05 bits per heavy atom. The van der Waals surface area contributed by atoms with Crippen LogP contribution in [-0.2, 0) is 11.2 Å². The Labute approximate surface area is 126 Å². The highest BCUT2D eigenvalue weighted by atomic mass is 32.2. The molecule has 0 spiro atoms. The summed E-state index contributed by atoms with van der Waals surface area (Å²) in [6, 6.07) is -1.12. The van der Waals surface area contributed by atoms with Crippen molar-refractivity contribution in [1.82, 2.24) is 20.4 Å². The predicted molar refractivity (Wildman–Crippen MR) is 75.8 cm³/mol. The van der Waals surface area contributed by atoms with Crippen LogP contribution in [0.5, 0.6) is 0 Å². The number of nitrogens with zero attached hydrogens (tertiary/aromatic N) is 3. The van der Waals surface area contributed by atoms with E-state index in [0.717, 1.165) is 12.8 Å². The van der Waals surface area contributed by atoms with Gasteiger partial charge in [-0.1, -0.05) is 18.5 Å². The number of rotatable bonds is 6. The van der Waals surface area contributed by atoms with Gasteiger partial charge < -0.3 is 14.9 Å². The van der Waals surface area contributed by atoms with Gasteiger partial charge in [0.2, 0.25) is 6.39 Å². The Morgan fingerprint density at radius 2 is 2.43 bits per heavy atom. The first kappa shape index (κ1) is 15.6. The smallest absolute Gasteiger partial charge is 0.327 e. The molecule has 1 saturated heterocycles. The molecule has 2 amide bonds. The molecule has 8 nitrogen and oxygen atoms in total. The number of hydrogen-bond acceptors (Lipinski definition) is 6. The maximum atomic E-state index is 12.2. The van der Waals surface area contributed by atoms with Crippen LogP contribution in [-0.4, -0.2) is 55.9 Å². The summed E-state index contributed by atoms with van der Waals surface area (Å²) in [7, 11) is 0. The normalized spacial score (nSPS) is 21.5. The number of urea groups is 1. The molecule has 2 N–H and O–H groups in total. The lowest BCUT2D eigenvalue weighted by Gasteiger charge is -2.27. The summed E-state index contributed by atoms with van der Waals surface area (Å²) in [6.07, 6.45) is 3.36. The number of hydrogen-bond donors (Lipinski definition) is 2. The molecule has 21 heavy (non-hydrogen) atoms. The summed E-state index contributed by atoms with van der Waals surface area (Å²) in [5.41, 5.74) is 0. The quantitative estimate of drug-likeness (QED) is 0.804. The Hall–Kier alpha value is -1.77. The van der Waals surface area contributed by atoms with Gasteiger partial charge in [-0.05, 0) is 6.42 Å². The van der Waals surface area contributed by atoms with E-state index in [1.807, 2.05) is 6.92 Å². The van der Waals surface area contributed by atoms with Crippen molar-refractivity contribution < 1.29 is 19.2 Å². The van der Waals surface area contributed by atoms with Gasteiger partial charge in [0.25, 0.3) is 0 Å². The Kier molecular flexibility index (Phi) is 5.43. The van der Waals surface area contributed by atoms with Gasteiger partial charge in [0.1, 0.15) is 6.04 Å². The van der Waals surface area contributed by atoms with E-state index in [-0.39, 0.29) is 11.4 Å². The minimum absolute atomic E-state index is 0.0822. The SMILES string of the molecule is CCCC1SCC(C(=O)O)N1C(=O)NCCc1ncon1. The van der Waals surface area contributed by atoms with Crippen molar-refractivity contribution in [3.05, 3.63) is 12.2 Å². The molecular formula is C12H18N4O4S. The second kappa shape index (κ2) is 7.30. The van der Waals surface area contributed by atoms with Crippen molar-refractivity contribution in [2.45, 2.75) is 37.6 Å². The first-order valence-corrected chi connectivity index (χ1v) is 7.84. The first-order chi connectivity index (χ1) is 10.1. The predicted octanol–water partition coefficient (Wildman–Crippen LogP) is 0.950. The molecule has 2 unspecified atom stereocenters. The molecule has 2 heterocycles. The standard InChI is InChI=1S/C12H18N4O4S/c1-2-3-10-16(8(6-21-10)11(17)18)12(19)13-5-4-9-14-7-20-15-9/h7-8,10H,2-6H2,1H3,(H,13,19)(H,17,18). The topological polar surface area (TPSA) is 109 Å². The average molecular weight is 314 g/mol. The van der Waals surface area contributed by atoms with Gasteiger partial charge in [0, 0.05) is 18.7 Å². The van der Waals surface area contributed by atoms with Gasteiger partial charge in [-0.2, -0.15) is 4.98 Å². The lowest BCUT2D eigenvalue weighted by molar-refractivity contribution is -0.141. The molecule has 0 bridgehead atoms. The van der Waals surface area contributed by atoms with Crippen LogP contribution in [0.2, 0.25) is 0 Å². The lowest BCUT2D eigenvalue weighted by atomic mass is 10.2. The first-order valence-electron chi connectivity index (χ1n) is 6.79. The summed E-state index contributed by atoms with van der Waals surface area (Å²) in [5, 5.41) is 15.5. The third-order valence-electron chi connectivity index (χ3n) is 3.18. The molecule has 0 radical (unpaired) electrons. The third kappa shape index (κ3) is 3.87. The Morgan fingerprint density at radius 1 is 1.62 bits per heavy atom. The molecule has 0 aliphatic carbocycles. The fourth-order valence-corrected chi connectivity index (χ4v) is 3.68. The minimum Gasteiger partial charge on any atom is -0.480 e. The fraction of sp³-hybridized carbons (Fsp3) is 0.667. The van der Waals surface area contributed by atoms with Crippen molar-refractivity contribution >= 4 is 23.8 Å². The lowest BCUT2D eigenvalue weighted by Crippen LogP contribution is -2.50. The van der Waals surface area contributed by atoms with E-state index in [1.54, 1.807) is 0 Å². The molecule has 1 aliphatic rings. The van der Waals surface area contributed by atoms with Crippen LogP contribution in [0, 0.1) is 0 Å². The number of carboxylic acids is 1. The zero-order valence-electron chi connectivity index (χ0n) is 11.7. The maximum absolute atomic E-state index is 12.2. The largest absolute Gasteiger partial charge is 0.480 e. The molecular weight excluding hydrogens is 296 g/mol. The Bertz CT molecular complexity index is 482. The zero-order valence-corrected chi connectivity index (χ0v) is 12.5. The van der Waals surface area contributed by atoms with Gasteiger partial charge in [0.15, 0.2) is 5.82 Å². The molecule has 0 saturated carbocycles. The number of carbonyl (C=O) groups is 2. The van der Waals surface area contributed by atoms with Gasteiger partial charge in [-0.25, -0.2) is 9.59 Å². The Balaban J connectivity index is 1.91. The van der Waals surface area contributed by atoms with E-state index < -0.39 is 12.0 Å². The van der Waals surface area contributed by atoms with Crippen LogP contribution in [0.4, 0.5) is 4.79 Å². The second-order valence-electron chi connectivity index (χ2n) is 4.67. The maximum Gasteiger partial charge on any atom is 0.327 e. The van der Waals surface area contributed by atoms with E-state index in [4.69, 9.17) is 0 Å². The highest BCUT2D eigenvalue weighted by Crippen LogP contribution is 2.32. The van der Waals surface area contributed by atoms with Crippen LogP contribution >= 0.6 is 11.8 Å². The summed E-state index contributed by atoms with van der Waals surface area (Å²) in [4.78, 5) is 28.8. The zero-order chi connectivity index (χ0) is 15.2. The van der Waals surface area contributed by atoms with Gasteiger partial charge >= 0.3 is 12.0 Å². The van der Waals surface area contributed by atoms with Crippen molar-refractivity contribution in [3.8, 4) is 0 Å².